The number of halogens is 1. The predicted octanol–water partition coefficient (Wildman–Crippen LogP) is 1.94. The first-order valence-corrected chi connectivity index (χ1v) is 5.28. The first kappa shape index (κ1) is 10.8. The third-order valence-electron chi connectivity index (χ3n) is 2.15. The van der Waals surface area contributed by atoms with Crippen molar-refractivity contribution in [2.75, 3.05) is 0 Å². The van der Waals surface area contributed by atoms with Gasteiger partial charge in [-0.1, -0.05) is 33.3 Å². The molecule has 1 N–H and O–H groups in total. The van der Waals surface area contributed by atoms with Crippen LogP contribution in [0.1, 0.15) is 10.5 Å². The van der Waals surface area contributed by atoms with Crippen LogP contribution in [0.3, 0.4) is 0 Å². The van der Waals surface area contributed by atoms with Gasteiger partial charge in [-0.3, -0.25) is 0 Å². The molecule has 2 rings (SSSR count). The van der Waals surface area contributed by atoms with Crippen molar-refractivity contribution < 1.29 is 9.90 Å². The maximum atomic E-state index is 11.0. The molecule has 1 aromatic heterocycles. The summed E-state index contributed by atoms with van der Waals surface area (Å²) in [5.74, 6) is -1.08. The standard InChI is InChI=1S/C10H8BrN3O2/c1-14-9(8(10(15)16)12-13-14)6-2-4-7(11)5-3-6/h2-5H,1H3,(H,15,16). The van der Waals surface area contributed by atoms with Crippen molar-refractivity contribution in [3.8, 4) is 11.3 Å². The van der Waals surface area contributed by atoms with Gasteiger partial charge >= 0.3 is 5.97 Å². The molecule has 1 heterocycles. The largest absolute Gasteiger partial charge is 0.476 e. The molecule has 0 saturated heterocycles. The van der Waals surface area contributed by atoms with E-state index in [4.69, 9.17) is 5.11 Å². The number of aryl methyl sites for hydroxylation is 1. The number of carboxylic acids is 1. The van der Waals surface area contributed by atoms with Gasteiger partial charge in [0.15, 0.2) is 5.69 Å². The van der Waals surface area contributed by atoms with Crippen LogP contribution in [0.4, 0.5) is 0 Å². The minimum absolute atomic E-state index is 0.0372. The van der Waals surface area contributed by atoms with Crippen LogP contribution < -0.4 is 0 Å². The lowest BCUT2D eigenvalue weighted by Crippen LogP contribution is -2.01. The van der Waals surface area contributed by atoms with Crippen LogP contribution in [-0.4, -0.2) is 26.1 Å². The molecule has 0 unspecified atom stereocenters. The molecule has 0 fully saturated rings. The summed E-state index contributed by atoms with van der Waals surface area (Å²) in [5.41, 5.74) is 1.23. The monoisotopic (exact) mass is 281 g/mol. The van der Waals surface area contributed by atoms with Crippen LogP contribution in [-0.2, 0) is 7.05 Å². The Morgan fingerprint density at radius 3 is 2.56 bits per heavy atom. The summed E-state index contributed by atoms with van der Waals surface area (Å²) in [6, 6.07) is 7.31. The van der Waals surface area contributed by atoms with Gasteiger partial charge in [0.2, 0.25) is 0 Å². The average Bonchev–Trinajstić information content (AvgIpc) is 2.62. The van der Waals surface area contributed by atoms with Crippen molar-refractivity contribution in [2.24, 2.45) is 7.05 Å². The van der Waals surface area contributed by atoms with E-state index in [1.54, 1.807) is 7.05 Å². The van der Waals surface area contributed by atoms with E-state index < -0.39 is 5.97 Å². The highest BCUT2D eigenvalue weighted by atomic mass is 79.9. The van der Waals surface area contributed by atoms with Crippen molar-refractivity contribution >= 4 is 21.9 Å². The lowest BCUT2D eigenvalue weighted by atomic mass is 10.1. The van der Waals surface area contributed by atoms with Gasteiger partial charge in [-0.05, 0) is 12.1 Å². The van der Waals surface area contributed by atoms with Gasteiger partial charge in [0, 0.05) is 17.1 Å². The van der Waals surface area contributed by atoms with E-state index in [2.05, 4.69) is 26.2 Å². The Labute approximate surface area is 99.8 Å². The Morgan fingerprint density at radius 1 is 1.38 bits per heavy atom. The molecule has 5 nitrogen and oxygen atoms in total. The first-order valence-electron chi connectivity index (χ1n) is 4.48. The fourth-order valence-electron chi connectivity index (χ4n) is 1.43. The average molecular weight is 282 g/mol. The maximum absolute atomic E-state index is 11.0. The smallest absolute Gasteiger partial charge is 0.358 e. The summed E-state index contributed by atoms with van der Waals surface area (Å²) in [4.78, 5) is 11.0. The van der Waals surface area contributed by atoms with Crippen LogP contribution in [0.5, 0.6) is 0 Å². The van der Waals surface area contributed by atoms with Gasteiger partial charge in [0.05, 0.1) is 0 Å². The normalized spacial score (nSPS) is 10.4. The van der Waals surface area contributed by atoms with Gasteiger partial charge in [0.25, 0.3) is 0 Å². The molecule has 0 aliphatic carbocycles. The number of nitrogens with zero attached hydrogens (tertiary/aromatic N) is 3. The molecule has 0 saturated carbocycles. The number of aromatic nitrogens is 3. The summed E-state index contributed by atoms with van der Waals surface area (Å²) >= 11 is 3.32. The van der Waals surface area contributed by atoms with Gasteiger partial charge in [-0.2, -0.15) is 0 Å². The second-order valence-electron chi connectivity index (χ2n) is 3.22. The number of rotatable bonds is 2. The Hall–Kier alpha value is -1.69. The summed E-state index contributed by atoms with van der Waals surface area (Å²) < 4.78 is 2.38. The number of benzene rings is 1. The van der Waals surface area contributed by atoms with E-state index in [9.17, 15) is 4.79 Å². The van der Waals surface area contributed by atoms with Crippen molar-refractivity contribution in [1.82, 2.24) is 15.0 Å². The van der Waals surface area contributed by atoms with Crippen LogP contribution in [0.25, 0.3) is 11.3 Å². The number of carboxylic acid groups (broad SMARTS) is 1. The van der Waals surface area contributed by atoms with E-state index in [1.807, 2.05) is 24.3 Å². The van der Waals surface area contributed by atoms with Crippen molar-refractivity contribution in [1.29, 1.82) is 0 Å². The Morgan fingerprint density at radius 2 is 2.00 bits per heavy atom. The summed E-state index contributed by atoms with van der Waals surface area (Å²) in [6.07, 6.45) is 0. The van der Waals surface area contributed by atoms with Gasteiger partial charge in [0.1, 0.15) is 5.69 Å². The van der Waals surface area contributed by atoms with E-state index in [0.29, 0.717) is 5.69 Å². The molecule has 0 atom stereocenters. The molecule has 16 heavy (non-hydrogen) atoms. The minimum atomic E-state index is -1.08. The summed E-state index contributed by atoms with van der Waals surface area (Å²) in [6.45, 7) is 0. The van der Waals surface area contributed by atoms with E-state index in [1.165, 1.54) is 4.68 Å². The first-order chi connectivity index (χ1) is 7.59. The second-order valence-corrected chi connectivity index (χ2v) is 4.14. The lowest BCUT2D eigenvalue weighted by molar-refractivity contribution is 0.0691. The molecule has 1 aromatic carbocycles. The van der Waals surface area contributed by atoms with Gasteiger partial charge < -0.3 is 5.11 Å². The third-order valence-corrected chi connectivity index (χ3v) is 2.68. The zero-order valence-electron chi connectivity index (χ0n) is 8.38. The van der Waals surface area contributed by atoms with Crippen LogP contribution in [0.2, 0.25) is 0 Å². The number of carbonyl (C=O) groups is 1. The molecule has 82 valence electrons. The number of hydrogen-bond acceptors (Lipinski definition) is 3. The van der Waals surface area contributed by atoms with Crippen LogP contribution >= 0.6 is 15.9 Å². The molecule has 0 radical (unpaired) electrons. The zero-order valence-corrected chi connectivity index (χ0v) is 9.97. The molecule has 0 spiro atoms. The number of aromatic carboxylic acids is 1. The van der Waals surface area contributed by atoms with E-state index in [0.717, 1.165) is 10.0 Å². The number of hydrogen-bond donors (Lipinski definition) is 1. The Bertz CT molecular complexity index is 533. The summed E-state index contributed by atoms with van der Waals surface area (Å²) in [7, 11) is 1.66. The third kappa shape index (κ3) is 1.83. The summed E-state index contributed by atoms with van der Waals surface area (Å²) in [5, 5.41) is 16.3. The van der Waals surface area contributed by atoms with E-state index >= 15 is 0 Å². The van der Waals surface area contributed by atoms with Crippen molar-refractivity contribution in [2.45, 2.75) is 0 Å². The van der Waals surface area contributed by atoms with Gasteiger partial charge in [-0.15, -0.1) is 5.10 Å². The molecule has 6 heteroatoms. The van der Waals surface area contributed by atoms with Crippen LogP contribution in [0, 0.1) is 0 Å². The Kier molecular flexibility index (Phi) is 2.74. The highest BCUT2D eigenvalue weighted by Gasteiger charge is 2.18. The van der Waals surface area contributed by atoms with Crippen molar-refractivity contribution in [3.05, 3.63) is 34.4 Å². The molecule has 0 aliphatic heterocycles. The maximum Gasteiger partial charge on any atom is 0.358 e. The fourth-order valence-corrected chi connectivity index (χ4v) is 1.70. The Balaban J connectivity index is 2.58. The SMILES string of the molecule is Cn1nnc(C(=O)O)c1-c1ccc(Br)cc1. The lowest BCUT2D eigenvalue weighted by Gasteiger charge is -2.02. The highest BCUT2D eigenvalue weighted by molar-refractivity contribution is 9.10. The molecule has 0 amide bonds. The quantitative estimate of drug-likeness (QED) is 0.914. The highest BCUT2D eigenvalue weighted by Crippen LogP contribution is 2.23. The molecular formula is C10H8BrN3O2. The second kappa shape index (κ2) is 4.05. The van der Waals surface area contributed by atoms with E-state index in [-0.39, 0.29) is 5.69 Å². The topological polar surface area (TPSA) is 68.0 Å². The van der Waals surface area contributed by atoms with Crippen molar-refractivity contribution in [3.63, 3.8) is 0 Å². The predicted molar refractivity (Wildman–Crippen MR) is 61.1 cm³/mol. The fraction of sp³-hybridized carbons (Fsp3) is 0.100. The molecule has 2 aromatic rings. The molecular weight excluding hydrogens is 274 g/mol. The minimum Gasteiger partial charge on any atom is -0.476 e. The van der Waals surface area contributed by atoms with Gasteiger partial charge in [-0.25, -0.2) is 9.48 Å². The molecule has 0 bridgehead atoms. The van der Waals surface area contributed by atoms with Crippen LogP contribution in [0.15, 0.2) is 28.7 Å². The zero-order chi connectivity index (χ0) is 11.7. The molecule has 0 aliphatic rings.